The molecule has 2 nitrogen and oxygen atoms in total. The highest BCUT2D eigenvalue weighted by molar-refractivity contribution is 8.00. The summed E-state index contributed by atoms with van der Waals surface area (Å²) in [6.45, 7) is 13.7. The summed E-state index contributed by atoms with van der Waals surface area (Å²) in [5.41, 5.74) is 0. The van der Waals surface area contributed by atoms with E-state index in [-0.39, 0.29) is 0 Å². The van der Waals surface area contributed by atoms with Crippen LogP contribution < -0.4 is 5.32 Å². The molecule has 1 saturated heterocycles. The van der Waals surface area contributed by atoms with Crippen molar-refractivity contribution in [3.63, 3.8) is 0 Å². The molecular formula is C16H28N2S2. The molecule has 114 valence electrons. The minimum Gasteiger partial charge on any atom is -0.312 e. The molecule has 0 radical (unpaired) electrons. The third-order valence-electron chi connectivity index (χ3n) is 3.94. The van der Waals surface area contributed by atoms with Gasteiger partial charge in [-0.1, -0.05) is 20.8 Å². The summed E-state index contributed by atoms with van der Waals surface area (Å²) >= 11 is 4.08. The van der Waals surface area contributed by atoms with E-state index in [0.717, 1.165) is 30.8 Å². The quantitative estimate of drug-likeness (QED) is 0.859. The van der Waals surface area contributed by atoms with E-state index in [9.17, 15) is 0 Å². The SMILES string of the molecule is CC(C)CNCc1ccc(CN2CCSC(C)C2C)s1. The minimum atomic E-state index is 0.693. The van der Waals surface area contributed by atoms with Crippen LogP contribution in [0, 0.1) is 5.92 Å². The number of hydrogen-bond donors (Lipinski definition) is 1. The number of nitrogens with one attached hydrogen (secondary N) is 1. The van der Waals surface area contributed by atoms with Crippen LogP contribution in [-0.4, -0.2) is 35.0 Å². The Hall–Kier alpha value is -0.0300. The smallest absolute Gasteiger partial charge is 0.0331 e. The number of hydrogen-bond acceptors (Lipinski definition) is 4. The van der Waals surface area contributed by atoms with Crippen LogP contribution in [0.2, 0.25) is 0 Å². The summed E-state index contributed by atoms with van der Waals surface area (Å²) in [6, 6.07) is 5.30. The minimum absolute atomic E-state index is 0.693. The van der Waals surface area contributed by atoms with Gasteiger partial charge in [-0.05, 0) is 31.5 Å². The van der Waals surface area contributed by atoms with Crippen LogP contribution in [0.1, 0.15) is 37.4 Å². The van der Waals surface area contributed by atoms with Gasteiger partial charge < -0.3 is 5.32 Å². The summed E-state index contributed by atoms with van der Waals surface area (Å²) in [7, 11) is 0. The van der Waals surface area contributed by atoms with Crippen LogP contribution >= 0.6 is 23.1 Å². The van der Waals surface area contributed by atoms with Gasteiger partial charge in [0, 0.05) is 46.4 Å². The Morgan fingerprint density at radius 1 is 1.30 bits per heavy atom. The molecule has 2 rings (SSSR count). The first kappa shape index (κ1) is 16.3. The summed E-state index contributed by atoms with van der Waals surface area (Å²) in [6.07, 6.45) is 0. The predicted molar refractivity (Wildman–Crippen MR) is 92.7 cm³/mol. The zero-order valence-electron chi connectivity index (χ0n) is 13.2. The maximum Gasteiger partial charge on any atom is 0.0331 e. The molecule has 0 bridgehead atoms. The third-order valence-corrected chi connectivity index (χ3v) is 6.35. The average molecular weight is 313 g/mol. The number of rotatable bonds is 6. The topological polar surface area (TPSA) is 15.3 Å². The summed E-state index contributed by atoms with van der Waals surface area (Å²) in [4.78, 5) is 5.61. The van der Waals surface area contributed by atoms with Gasteiger partial charge in [0.1, 0.15) is 0 Å². The molecule has 4 heteroatoms. The number of nitrogens with zero attached hydrogens (tertiary/aromatic N) is 1. The highest BCUT2D eigenvalue weighted by Gasteiger charge is 2.25. The van der Waals surface area contributed by atoms with Crippen molar-refractivity contribution in [1.29, 1.82) is 0 Å². The van der Waals surface area contributed by atoms with E-state index in [1.54, 1.807) is 0 Å². The Morgan fingerprint density at radius 3 is 2.80 bits per heavy atom. The summed E-state index contributed by atoms with van der Waals surface area (Å²) < 4.78 is 0. The van der Waals surface area contributed by atoms with Crippen molar-refractivity contribution >= 4 is 23.1 Å². The highest BCUT2D eigenvalue weighted by atomic mass is 32.2. The van der Waals surface area contributed by atoms with Gasteiger partial charge >= 0.3 is 0 Å². The van der Waals surface area contributed by atoms with Crippen molar-refractivity contribution in [2.24, 2.45) is 5.92 Å². The van der Waals surface area contributed by atoms with E-state index in [0.29, 0.717) is 6.04 Å². The van der Waals surface area contributed by atoms with Crippen molar-refractivity contribution in [3.8, 4) is 0 Å². The first-order chi connectivity index (χ1) is 9.56. The molecule has 1 aliphatic heterocycles. The Kier molecular flexibility index (Phi) is 6.40. The maximum absolute atomic E-state index is 3.53. The molecule has 1 aliphatic rings. The van der Waals surface area contributed by atoms with E-state index < -0.39 is 0 Å². The Balaban J connectivity index is 1.83. The third kappa shape index (κ3) is 4.76. The molecule has 2 atom stereocenters. The zero-order chi connectivity index (χ0) is 14.5. The van der Waals surface area contributed by atoms with Gasteiger partial charge in [-0.15, -0.1) is 11.3 Å². The maximum atomic E-state index is 3.53. The lowest BCUT2D eigenvalue weighted by Crippen LogP contribution is -2.43. The standard InChI is InChI=1S/C16H28N2S2/c1-12(2)9-17-10-15-5-6-16(20-15)11-18-7-8-19-14(4)13(18)3/h5-6,12-14,17H,7-11H2,1-4H3. The molecule has 0 aliphatic carbocycles. The number of thioether (sulfide) groups is 1. The molecule has 2 unspecified atom stereocenters. The molecule has 0 amide bonds. The second-order valence-corrected chi connectivity index (χ2v) is 8.92. The molecule has 0 aromatic carbocycles. The van der Waals surface area contributed by atoms with Crippen molar-refractivity contribution in [1.82, 2.24) is 10.2 Å². The molecule has 1 aromatic heterocycles. The molecule has 2 heterocycles. The zero-order valence-corrected chi connectivity index (χ0v) is 14.8. The lowest BCUT2D eigenvalue weighted by molar-refractivity contribution is 0.206. The van der Waals surface area contributed by atoms with E-state index >= 15 is 0 Å². The van der Waals surface area contributed by atoms with Crippen LogP contribution in [0.5, 0.6) is 0 Å². The van der Waals surface area contributed by atoms with Crippen molar-refractivity contribution < 1.29 is 0 Å². The molecule has 20 heavy (non-hydrogen) atoms. The fourth-order valence-corrected chi connectivity index (χ4v) is 4.68. The summed E-state index contributed by atoms with van der Waals surface area (Å²) in [5, 5.41) is 4.29. The molecule has 0 saturated carbocycles. The van der Waals surface area contributed by atoms with E-state index in [1.807, 2.05) is 11.3 Å². The lowest BCUT2D eigenvalue weighted by Gasteiger charge is -2.37. The molecule has 1 aromatic rings. The monoisotopic (exact) mass is 312 g/mol. The van der Waals surface area contributed by atoms with Crippen molar-refractivity contribution in [2.75, 3.05) is 18.8 Å². The molecule has 0 spiro atoms. The van der Waals surface area contributed by atoms with E-state index in [1.165, 1.54) is 22.1 Å². The molecule has 1 fully saturated rings. The van der Waals surface area contributed by atoms with Gasteiger partial charge in [0.05, 0.1) is 0 Å². The van der Waals surface area contributed by atoms with Crippen LogP contribution in [0.25, 0.3) is 0 Å². The van der Waals surface area contributed by atoms with Crippen LogP contribution in [0.15, 0.2) is 12.1 Å². The largest absolute Gasteiger partial charge is 0.312 e. The first-order valence-corrected chi connectivity index (χ1v) is 9.56. The van der Waals surface area contributed by atoms with Gasteiger partial charge in [-0.25, -0.2) is 0 Å². The van der Waals surface area contributed by atoms with Gasteiger partial charge in [0.15, 0.2) is 0 Å². The van der Waals surface area contributed by atoms with Crippen molar-refractivity contribution in [2.45, 2.75) is 52.1 Å². The Bertz CT molecular complexity index is 403. The Labute approximate surface area is 132 Å². The van der Waals surface area contributed by atoms with Gasteiger partial charge in [-0.2, -0.15) is 11.8 Å². The van der Waals surface area contributed by atoms with Gasteiger partial charge in [-0.3, -0.25) is 4.90 Å². The Morgan fingerprint density at radius 2 is 2.05 bits per heavy atom. The molecular weight excluding hydrogens is 284 g/mol. The van der Waals surface area contributed by atoms with Gasteiger partial charge in [0.2, 0.25) is 0 Å². The van der Waals surface area contributed by atoms with Crippen LogP contribution in [0.3, 0.4) is 0 Å². The second kappa shape index (κ2) is 7.83. The van der Waals surface area contributed by atoms with E-state index in [4.69, 9.17) is 0 Å². The normalized spacial score (nSPS) is 24.4. The first-order valence-electron chi connectivity index (χ1n) is 7.70. The van der Waals surface area contributed by atoms with Crippen LogP contribution in [0.4, 0.5) is 0 Å². The number of thiophene rings is 1. The van der Waals surface area contributed by atoms with Crippen LogP contribution in [-0.2, 0) is 13.1 Å². The second-order valence-electron chi connectivity index (χ2n) is 6.18. The summed E-state index contributed by atoms with van der Waals surface area (Å²) in [5.74, 6) is 2.00. The average Bonchev–Trinajstić information content (AvgIpc) is 2.82. The molecule has 1 N–H and O–H groups in total. The fourth-order valence-electron chi connectivity index (χ4n) is 2.51. The van der Waals surface area contributed by atoms with E-state index in [2.05, 4.69) is 61.8 Å². The lowest BCUT2D eigenvalue weighted by atomic mass is 10.2. The highest BCUT2D eigenvalue weighted by Crippen LogP contribution is 2.27. The van der Waals surface area contributed by atoms with Crippen molar-refractivity contribution in [3.05, 3.63) is 21.9 Å². The van der Waals surface area contributed by atoms with Gasteiger partial charge in [0.25, 0.3) is 0 Å². The fraction of sp³-hybridized carbons (Fsp3) is 0.750. The predicted octanol–water partition coefficient (Wildman–Crippen LogP) is 3.82.